The second kappa shape index (κ2) is 6.06. The number of fused-ring (bicyclic) bond motifs is 1. The van der Waals surface area contributed by atoms with Gasteiger partial charge in [-0.1, -0.05) is 51.8 Å². The molecule has 0 fully saturated rings. The molecular formula is C16H15BrClNO. The van der Waals surface area contributed by atoms with Crippen molar-refractivity contribution in [3.05, 3.63) is 58.6 Å². The highest BCUT2D eigenvalue weighted by atomic mass is 79.9. The van der Waals surface area contributed by atoms with Crippen LogP contribution in [0.25, 0.3) is 0 Å². The van der Waals surface area contributed by atoms with Gasteiger partial charge in [-0.05, 0) is 23.8 Å². The lowest BCUT2D eigenvalue weighted by Gasteiger charge is -2.24. The van der Waals surface area contributed by atoms with Crippen molar-refractivity contribution < 1.29 is 4.74 Å². The van der Waals surface area contributed by atoms with E-state index in [0.29, 0.717) is 6.61 Å². The lowest BCUT2D eigenvalue weighted by molar-refractivity contribution is 0.331. The first-order valence-corrected chi connectivity index (χ1v) is 8.08. The van der Waals surface area contributed by atoms with E-state index in [1.807, 2.05) is 24.3 Å². The van der Waals surface area contributed by atoms with E-state index in [1.165, 1.54) is 16.8 Å². The van der Waals surface area contributed by atoms with Crippen molar-refractivity contribution in [1.82, 2.24) is 0 Å². The van der Waals surface area contributed by atoms with E-state index < -0.39 is 0 Å². The summed E-state index contributed by atoms with van der Waals surface area (Å²) >= 11 is 9.71. The molecule has 0 spiro atoms. The first-order valence-electron chi connectivity index (χ1n) is 6.58. The van der Waals surface area contributed by atoms with Crippen LogP contribution in [0.4, 0.5) is 5.69 Å². The van der Waals surface area contributed by atoms with Crippen molar-refractivity contribution in [2.75, 3.05) is 18.1 Å². The zero-order chi connectivity index (χ0) is 13.9. The Morgan fingerprint density at radius 3 is 2.90 bits per heavy atom. The van der Waals surface area contributed by atoms with Crippen LogP contribution >= 0.6 is 27.5 Å². The van der Waals surface area contributed by atoms with Crippen LogP contribution in [-0.2, 0) is 11.9 Å². The van der Waals surface area contributed by atoms with Crippen molar-refractivity contribution in [2.24, 2.45) is 0 Å². The highest BCUT2D eigenvalue weighted by Crippen LogP contribution is 2.31. The fourth-order valence-corrected chi connectivity index (χ4v) is 3.12. The number of hydrogen-bond acceptors (Lipinski definition) is 2. The smallest absolute Gasteiger partial charge is 0.124 e. The second-order valence-electron chi connectivity index (χ2n) is 4.78. The fourth-order valence-electron chi connectivity index (χ4n) is 2.48. The monoisotopic (exact) mass is 351 g/mol. The van der Waals surface area contributed by atoms with Crippen molar-refractivity contribution in [2.45, 2.75) is 11.9 Å². The molecule has 2 aromatic rings. The maximum Gasteiger partial charge on any atom is 0.124 e. The molecule has 0 aromatic heterocycles. The van der Waals surface area contributed by atoms with Crippen LogP contribution < -0.4 is 9.64 Å². The molecule has 0 N–H and O–H groups in total. The average molecular weight is 353 g/mol. The third-order valence-electron chi connectivity index (χ3n) is 3.48. The van der Waals surface area contributed by atoms with Gasteiger partial charge in [-0.25, -0.2) is 0 Å². The minimum Gasteiger partial charge on any atom is -0.491 e. The number of rotatable bonds is 2. The Labute approximate surface area is 132 Å². The Kier molecular flexibility index (Phi) is 4.18. The van der Waals surface area contributed by atoms with Crippen LogP contribution in [0.3, 0.4) is 0 Å². The van der Waals surface area contributed by atoms with Crippen molar-refractivity contribution in [1.29, 1.82) is 0 Å². The summed E-state index contributed by atoms with van der Waals surface area (Å²) in [5.74, 6) is 0.984. The highest BCUT2D eigenvalue weighted by Gasteiger charge is 2.17. The van der Waals surface area contributed by atoms with Gasteiger partial charge in [0.2, 0.25) is 0 Å². The Bertz CT molecular complexity index is 617. The van der Waals surface area contributed by atoms with Gasteiger partial charge >= 0.3 is 0 Å². The molecule has 0 unspecified atom stereocenters. The third kappa shape index (κ3) is 2.79. The minimum atomic E-state index is 0.686. The molecule has 0 saturated heterocycles. The summed E-state index contributed by atoms with van der Waals surface area (Å²) in [6.07, 6.45) is 0. The molecule has 1 heterocycles. The van der Waals surface area contributed by atoms with Crippen LogP contribution in [-0.4, -0.2) is 13.2 Å². The molecule has 2 nitrogen and oxygen atoms in total. The van der Waals surface area contributed by atoms with Crippen LogP contribution in [0.1, 0.15) is 11.1 Å². The van der Waals surface area contributed by atoms with Gasteiger partial charge in [0.25, 0.3) is 0 Å². The molecule has 3 rings (SSSR count). The van der Waals surface area contributed by atoms with Crippen LogP contribution in [0.2, 0.25) is 5.02 Å². The van der Waals surface area contributed by atoms with Crippen LogP contribution in [0, 0.1) is 0 Å². The van der Waals surface area contributed by atoms with Gasteiger partial charge in [-0.3, -0.25) is 0 Å². The van der Waals surface area contributed by atoms with Gasteiger partial charge in [0.05, 0.1) is 6.54 Å². The third-order valence-corrected chi connectivity index (χ3v) is 4.32. The topological polar surface area (TPSA) is 12.5 Å². The van der Waals surface area contributed by atoms with Gasteiger partial charge in [0.1, 0.15) is 12.4 Å². The number of hydrogen-bond donors (Lipinski definition) is 0. The van der Waals surface area contributed by atoms with Gasteiger partial charge in [-0.15, -0.1) is 0 Å². The molecule has 2 aromatic carbocycles. The van der Waals surface area contributed by atoms with Crippen molar-refractivity contribution >= 4 is 33.2 Å². The van der Waals surface area contributed by atoms with E-state index >= 15 is 0 Å². The van der Waals surface area contributed by atoms with E-state index in [-0.39, 0.29) is 0 Å². The number of benzene rings is 2. The van der Waals surface area contributed by atoms with Crippen molar-refractivity contribution in [3.8, 4) is 5.75 Å². The number of halogens is 2. The molecular weight excluding hydrogens is 338 g/mol. The van der Waals surface area contributed by atoms with Gasteiger partial charge < -0.3 is 9.64 Å². The highest BCUT2D eigenvalue weighted by molar-refractivity contribution is 9.08. The summed E-state index contributed by atoms with van der Waals surface area (Å²) in [6, 6.07) is 14.3. The Morgan fingerprint density at radius 1 is 1.20 bits per heavy atom. The zero-order valence-electron chi connectivity index (χ0n) is 11.0. The van der Waals surface area contributed by atoms with Crippen LogP contribution in [0.15, 0.2) is 42.5 Å². The average Bonchev–Trinajstić information content (AvgIpc) is 2.69. The Morgan fingerprint density at radius 2 is 2.05 bits per heavy atom. The van der Waals surface area contributed by atoms with E-state index in [4.69, 9.17) is 16.3 Å². The summed E-state index contributed by atoms with van der Waals surface area (Å²) < 4.78 is 5.82. The summed E-state index contributed by atoms with van der Waals surface area (Å²) in [5, 5.41) is 1.58. The van der Waals surface area contributed by atoms with Crippen molar-refractivity contribution in [3.63, 3.8) is 0 Å². The Hall–Kier alpha value is -1.19. The molecule has 0 atom stereocenters. The minimum absolute atomic E-state index is 0.686. The molecule has 0 aliphatic carbocycles. The van der Waals surface area contributed by atoms with E-state index in [9.17, 15) is 0 Å². The first kappa shape index (κ1) is 13.8. The predicted octanol–water partition coefficient (Wildman–Crippen LogP) is 4.63. The largest absolute Gasteiger partial charge is 0.491 e. The normalized spacial score (nSPS) is 14.4. The number of anilines is 1. The lowest BCUT2D eigenvalue weighted by atomic mass is 10.1. The molecule has 1 aliphatic heterocycles. The quantitative estimate of drug-likeness (QED) is 0.730. The molecule has 104 valence electrons. The van der Waals surface area contributed by atoms with Gasteiger partial charge in [0.15, 0.2) is 0 Å². The SMILES string of the molecule is Clc1ccc(CBr)c(N2CCOc3ccccc3C2)c1. The molecule has 0 radical (unpaired) electrons. The molecule has 1 aliphatic rings. The molecule has 0 saturated carbocycles. The van der Waals surface area contributed by atoms with Gasteiger partial charge in [-0.2, -0.15) is 0 Å². The second-order valence-corrected chi connectivity index (χ2v) is 5.78. The number of alkyl halides is 1. The van der Waals surface area contributed by atoms with Crippen LogP contribution in [0.5, 0.6) is 5.75 Å². The maximum atomic E-state index is 6.16. The summed E-state index contributed by atoms with van der Waals surface area (Å²) in [7, 11) is 0. The van der Waals surface area contributed by atoms with Gasteiger partial charge in [0, 0.05) is 28.1 Å². The predicted molar refractivity (Wildman–Crippen MR) is 87.1 cm³/mol. The maximum absolute atomic E-state index is 6.16. The summed E-state index contributed by atoms with van der Waals surface area (Å²) in [6.45, 7) is 2.39. The standard InChI is InChI=1S/C16H15BrClNO/c17-10-12-5-6-14(18)9-15(12)19-7-8-20-16-4-2-1-3-13(16)11-19/h1-6,9H,7-8,10-11H2. The molecule has 0 amide bonds. The number of para-hydroxylation sites is 1. The molecule has 0 bridgehead atoms. The first-order chi connectivity index (χ1) is 9.78. The number of nitrogens with zero attached hydrogens (tertiary/aromatic N) is 1. The lowest BCUT2D eigenvalue weighted by Crippen LogP contribution is -2.26. The van der Waals surface area contributed by atoms with E-state index in [2.05, 4.69) is 39.0 Å². The zero-order valence-corrected chi connectivity index (χ0v) is 13.3. The summed E-state index contributed by atoms with van der Waals surface area (Å²) in [4.78, 5) is 2.33. The number of ether oxygens (including phenoxy) is 1. The molecule has 4 heteroatoms. The summed E-state index contributed by atoms with van der Waals surface area (Å²) in [5.41, 5.74) is 3.63. The fraction of sp³-hybridized carbons (Fsp3) is 0.250. The molecule has 20 heavy (non-hydrogen) atoms. The van der Waals surface area contributed by atoms with E-state index in [1.54, 1.807) is 0 Å². The van der Waals surface area contributed by atoms with E-state index in [0.717, 1.165) is 29.2 Å². The Balaban J connectivity index is 1.97.